The van der Waals surface area contributed by atoms with E-state index in [4.69, 9.17) is 23.2 Å². The summed E-state index contributed by atoms with van der Waals surface area (Å²) < 4.78 is 4.61. The van der Waals surface area contributed by atoms with Crippen LogP contribution in [0.2, 0.25) is 10.0 Å². The van der Waals surface area contributed by atoms with E-state index < -0.39 is 17.8 Å². The summed E-state index contributed by atoms with van der Waals surface area (Å²) in [6, 6.07) is 11.2. The fourth-order valence-corrected chi connectivity index (χ4v) is 2.37. The van der Waals surface area contributed by atoms with Crippen molar-refractivity contribution in [2.75, 3.05) is 19.0 Å². The number of benzene rings is 2. The molecule has 0 aliphatic rings. The number of carbonyl (C=O) groups excluding carboxylic acids is 3. The lowest BCUT2D eigenvalue weighted by Crippen LogP contribution is -2.31. The maximum absolute atomic E-state index is 11.9. The Labute approximate surface area is 166 Å². The molecule has 0 unspecified atom stereocenters. The molecule has 2 amide bonds. The monoisotopic (exact) mass is 406 g/mol. The standard InChI is InChI=1S/C19H16Cl2N2O4/c1-27-19(26)13-5-2-12(3-6-13)4-9-17(24)22-11-18(25)23-16-10-14(20)7-8-15(16)21/h2-10H,11H2,1H3,(H,22,24)(H,23,25). The molecule has 0 saturated carbocycles. The van der Waals surface area contributed by atoms with Crippen LogP contribution in [0.25, 0.3) is 6.08 Å². The molecule has 0 heterocycles. The molecule has 0 spiro atoms. The zero-order valence-electron chi connectivity index (χ0n) is 14.3. The molecule has 0 saturated heterocycles. The minimum absolute atomic E-state index is 0.229. The fourth-order valence-electron chi connectivity index (χ4n) is 2.03. The van der Waals surface area contributed by atoms with Crippen molar-refractivity contribution in [1.82, 2.24) is 5.32 Å². The van der Waals surface area contributed by atoms with Gasteiger partial charge in [-0.3, -0.25) is 9.59 Å². The van der Waals surface area contributed by atoms with Gasteiger partial charge in [-0.2, -0.15) is 0 Å². The van der Waals surface area contributed by atoms with Gasteiger partial charge >= 0.3 is 5.97 Å². The van der Waals surface area contributed by atoms with Crippen molar-refractivity contribution >= 4 is 52.7 Å². The van der Waals surface area contributed by atoms with Crippen LogP contribution >= 0.6 is 23.2 Å². The molecular formula is C19H16Cl2N2O4. The van der Waals surface area contributed by atoms with E-state index in [1.807, 2.05) is 0 Å². The molecule has 0 aliphatic carbocycles. The molecule has 27 heavy (non-hydrogen) atoms. The molecule has 2 aromatic rings. The van der Waals surface area contributed by atoms with Gasteiger partial charge in [0.25, 0.3) is 0 Å². The SMILES string of the molecule is COC(=O)c1ccc(C=CC(=O)NCC(=O)Nc2cc(Cl)ccc2Cl)cc1. The Bertz CT molecular complexity index is 880. The van der Waals surface area contributed by atoms with Crippen LogP contribution in [-0.2, 0) is 14.3 Å². The molecule has 2 rings (SSSR count). The van der Waals surface area contributed by atoms with Crippen molar-refractivity contribution in [2.24, 2.45) is 0 Å². The Morgan fingerprint density at radius 1 is 1.07 bits per heavy atom. The summed E-state index contributed by atoms with van der Waals surface area (Å²) in [4.78, 5) is 35.1. The number of methoxy groups -OCH3 is 1. The van der Waals surface area contributed by atoms with Crippen molar-refractivity contribution in [2.45, 2.75) is 0 Å². The zero-order valence-corrected chi connectivity index (χ0v) is 15.8. The Balaban J connectivity index is 1.84. The number of halogens is 2. The summed E-state index contributed by atoms with van der Waals surface area (Å²) >= 11 is 11.8. The molecule has 0 atom stereocenters. The molecule has 0 aromatic heterocycles. The summed E-state index contributed by atoms with van der Waals surface area (Å²) in [5.74, 6) is -1.32. The number of hydrogen-bond acceptors (Lipinski definition) is 4. The Kier molecular flexibility index (Phi) is 7.40. The van der Waals surface area contributed by atoms with Crippen LogP contribution in [0.5, 0.6) is 0 Å². The first-order chi connectivity index (χ1) is 12.9. The highest BCUT2D eigenvalue weighted by Gasteiger charge is 2.08. The minimum atomic E-state index is -0.445. The number of amides is 2. The number of esters is 1. The number of anilines is 1. The van der Waals surface area contributed by atoms with Crippen LogP contribution in [0.3, 0.4) is 0 Å². The van der Waals surface area contributed by atoms with Gasteiger partial charge in [-0.25, -0.2) is 4.79 Å². The smallest absolute Gasteiger partial charge is 0.337 e. The normalized spacial score (nSPS) is 10.5. The molecule has 6 nitrogen and oxygen atoms in total. The van der Waals surface area contributed by atoms with Gasteiger partial charge in [-0.15, -0.1) is 0 Å². The van der Waals surface area contributed by atoms with Gasteiger partial charge in [0, 0.05) is 11.1 Å². The minimum Gasteiger partial charge on any atom is -0.465 e. The van der Waals surface area contributed by atoms with E-state index >= 15 is 0 Å². The van der Waals surface area contributed by atoms with Crippen molar-refractivity contribution in [1.29, 1.82) is 0 Å². The van der Waals surface area contributed by atoms with E-state index in [0.29, 0.717) is 26.9 Å². The summed E-state index contributed by atoms with van der Waals surface area (Å²) in [6.07, 6.45) is 2.84. The molecular weight excluding hydrogens is 391 g/mol. The van der Waals surface area contributed by atoms with Gasteiger partial charge in [0.15, 0.2) is 0 Å². The average molecular weight is 407 g/mol. The van der Waals surface area contributed by atoms with Crippen molar-refractivity contribution in [3.63, 3.8) is 0 Å². The lowest BCUT2D eigenvalue weighted by atomic mass is 10.1. The van der Waals surface area contributed by atoms with Crippen LogP contribution in [-0.4, -0.2) is 31.4 Å². The van der Waals surface area contributed by atoms with Gasteiger partial charge in [-0.05, 0) is 42.0 Å². The number of hydrogen-bond donors (Lipinski definition) is 2. The van der Waals surface area contributed by atoms with E-state index in [-0.39, 0.29) is 6.54 Å². The molecule has 2 N–H and O–H groups in total. The molecule has 140 valence electrons. The van der Waals surface area contributed by atoms with Gasteiger partial charge in [0.1, 0.15) is 0 Å². The average Bonchev–Trinajstić information content (AvgIpc) is 2.67. The predicted molar refractivity (Wildman–Crippen MR) is 105 cm³/mol. The van der Waals surface area contributed by atoms with Gasteiger partial charge < -0.3 is 15.4 Å². The maximum atomic E-state index is 11.9. The van der Waals surface area contributed by atoms with E-state index in [1.165, 1.54) is 19.3 Å². The van der Waals surface area contributed by atoms with Crippen LogP contribution in [0.15, 0.2) is 48.5 Å². The Morgan fingerprint density at radius 2 is 1.78 bits per heavy atom. The highest BCUT2D eigenvalue weighted by molar-refractivity contribution is 6.35. The summed E-state index contributed by atoms with van der Waals surface area (Å²) in [5.41, 5.74) is 1.49. The highest BCUT2D eigenvalue weighted by atomic mass is 35.5. The van der Waals surface area contributed by atoms with E-state index in [0.717, 1.165) is 0 Å². The molecule has 0 aliphatic heterocycles. The van der Waals surface area contributed by atoms with Crippen LogP contribution in [0.4, 0.5) is 5.69 Å². The summed E-state index contributed by atoms with van der Waals surface area (Å²) in [7, 11) is 1.30. The molecule has 0 fully saturated rings. The third-order valence-electron chi connectivity index (χ3n) is 3.38. The topological polar surface area (TPSA) is 84.5 Å². The quantitative estimate of drug-likeness (QED) is 0.567. The van der Waals surface area contributed by atoms with Crippen LogP contribution in [0, 0.1) is 0 Å². The second-order valence-corrected chi connectivity index (χ2v) is 6.18. The van der Waals surface area contributed by atoms with Crippen LogP contribution < -0.4 is 10.6 Å². The van der Waals surface area contributed by atoms with Crippen molar-refractivity contribution < 1.29 is 19.1 Å². The first-order valence-electron chi connectivity index (χ1n) is 7.78. The lowest BCUT2D eigenvalue weighted by molar-refractivity contribution is -0.121. The Morgan fingerprint density at radius 3 is 2.44 bits per heavy atom. The maximum Gasteiger partial charge on any atom is 0.337 e. The van der Waals surface area contributed by atoms with E-state index in [9.17, 15) is 14.4 Å². The largest absolute Gasteiger partial charge is 0.465 e. The zero-order chi connectivity index (χ0) is 19.8. The lowest BCUT2D eigenvalue weighted by Gasteiger charge is -2.08. The first-order valence-corrected chi connectivity index (χ1v) is 8.54. The number of rotatable bonds is 6. The van der Waals surface area contributed by atoms with E-state index in [2.05, 4.69) is 15.4 Å². The second kappa shape index (κ2) is 9.75. The summed E-state index contributed by atoms with van der Waals surface area (Å²) in [6.45, 7) is -0.229. The van der Waals surface area contributed by atoms with Gasteiger partial charge in [0.05, 0.1) is 29.9 Å². The Hall–Kier alpha value is -2.83. The van der Waals surface area contributed by atoms with Gasteiger partial charge in [0.2, 0.25) is 11.8 Å². The fraction of sp³-hybridized carbons (Fsp3) is 0.105. The predicted octanol–water partition coefficient (Wildman–Crippen LogP) is 3.55. The number of ether oxygens (including phenoxy) is 1. The third-order valence-corrected chi connectivity index (χ3v) is 3.95. The second-order valence-electron chi connectivity index (χ2n) is 5.34. The summed E-state index contributed by atoms with van der Waals surface area (Å²) in [5, 5.41) is 5.79. The molecule has 2 aromatic carbocycles. The molecule has 0 bridgehead atoms. The van der Waals surface area contributed by atoms with Crippen molar-refractivity contribution in [3.8, 4) is 0 Å². The third kappa shape index (κ3) is 6.44. The molecule has 8 heteroatoms. The highest BCUT2D eigenvalue weighted by Crippen LogP contribution is 2.25. The van der Waals surface area contributed by atoms with Crippen LogP contribution in [0.1, 0.15) is 15.9 Å². The van der Waals surface area contributed by atoms with Gasteiger partial charge in [-0.1, -0.05) is 35.3 Å². The number of nitrogens with one attached hydrogen (secondary N) is 2. The number of carbonyl (C=O) groups is 3. The molecule has 0 radical (unpaired) electrons. The van der Waals surface area contributed by atoms with E-state index in [1.54, 1.807) is 42.5 Å². The first kappa shape index (κ1) is 20.5. The van der Waals surface area contributed by atoms with Crippen molar-refractivity contribution in [3.05, 3.63) is 69.7 Å².